The van der Waals surface area contributed by atoms with Crippen LogP contribution in [0.25, 0.3) is 11.3 Å². The van der Waals surface area contributed by atoms with E-state index in [1.165, 1.54) is 29.0 Å². The van der Waals surface area contributed by atoms with Crippen LogP contribution in [0.2, 0.25) is 0 Å². The molecule has 0 atom stereocenters. The number of nitrogens with zero attached hydrogens (tertiary/aromatic N) is 5. The van der Waals surface area contributed by atoms with Crippen molar-refractivity contribution in [3.63, 3.8) is 0 Å². The first kappa shape index (κ1) is 17.7. The molecule has 1 fully saturated rings. The third-order valence-electron chi connectivity index (χ3n) is 4.14. The van der Waals surface area contributed by atoms with Gasteiger partial charge in [-0.1, -0.05) is 30.3 Å². The van der Waals surface area contributed by atoms with Gasteiger partial charge in [0, 0.05) is 45.8 Å². The molecule has 2 aromatic rings. The first-order valence-corrected chi connectivity index (χ1v) is 9.29. The monoisotopic (exact) mass is 365 g/mol. The number of piperazine rings is 1. The number of benzene rings is 1. The summed E-state index contributed by atoms with van der Waals surface area (Å²) < 4.78 is 41.8. The van der Waals surface area contributed by atoms with E-state index in [9.17, 15) is 12.8 Å². The largest absolute Gasteiger partial charge is 0.351 e. The van der Waals surface area contributed by atoms with Gasteiger partial charge in [0.1, 0.15) is 12.0 Å². The van der Waals surface area contributed by atoms with Gasteiger partial charge >= 0.3 is 0 Å². The third kappa shape index (κ3) is 3.48. The number of anilines is 1. The summed E-state index contributed by atoms with van der Waals surface area (Å²) in [4.78, 5) is 9.88. The lowest BCUT2D eigenvalue weighted by atomic mass is 10.1. The van der Waals surface area contributed by atoms with Crippen LogP contribution in [-0.4, -0.2) is 67.3 Å². The van der Waals surface area contributed by atoms with E-state index in [1.54, 1.807) is 17.0 Å². The maximum atomic E-state index is 14.9. The highest BCUT2D eigenvalue weighted by atomic mass is 32.2. The van der Waals surface area contributed by atoms with Crippen LogP contribution in [0.15, 0.2) is 36.7 Å². The van der Waals surface area contributed by atoms with Gasteiger partial charge in [-0.2, -0.15) is 17.0 Å². The minimum atomic E-state index is -3.45. The molecule has 0 unspecified atom stereocenters. The summed E-state index contributed by atoms with van der Waals surface area (Å²) in [6.07, 6.45) is 1.34. The molecule has 1 saturated heterocycles. The highest BCUT2D eigenvalue weighted by molar-refractivity contribution is 7.86. The number of hydrogen-bond acceptors (Lipinski definition) is 5. The fourth-order valence-electron chi connectivity index (χ4n) is 2.74. The van der Waals surface area contributed by atoms with Crippen molar-refractivity contribution < 1.29 is 12.8 Å². The van der Waals surface area contributed by atoms with Gasteiger partial charge < -0.3 is 4.90 Å². The topological polar surface area (TPSA) is 69.6 Å². The molecule has 25 heavy (non-hydrogen) atoms. The molecule has 1 aromatic heterocycles. The van der Waals surface area contributed by atoms with Crippen LogP contribution >= 0.6 is 0 Å². The average molecular weight is 365 g/mol. The third-order valence-corrected chi connectivity index (χ3v) is 6.08. The molecule has 9 heteroatoms. The first-order valence-electron chi connectivity index (χ1n) is 7.89. The van der Waals surface area contributed by atoms with E-state index in [0.29, 0.717) is 18.7 Å². The van der Waals surface area contributed by atoms with Crippen molar-refractivity contribution in [2.24, 2.45) is 0 Å². The Morgan fingerprint density at radius 2 is 1.68 bits per heavy atom. The molecule has 0 saturated carbocycles. The van der Waals surface area contributed by atoms with Crippen LogP contribution in [0.5, 0.6) is 0 Å². The van der Waals surface area contributed by atoms with Crippen LogP contribution in [0.3, 0.4) is 0 Å². The number of aromatic nitrogens is 2. The van der Waals surface area contributed by atoms with E-state index in [0.717, 1.165) is 0 Å². The van der Waals surface area contributed by atoms with Gasteiger partial charge in [0.05, 0.1) is 0 Å². The SMILES string of the molecule is CN(C)S(=O)(=O)N1CCN(c2ncnc(-c3ccccc3)c2F)CC1. The lowest BCUT2D eigenvalue weighted by Gasteiger charge is -2.35. The van der Waals surface area contributed by atoms with Crippen molar-refractivity contribution in [1.82, 2.24) is 18.6 Å². The smallest absolute Gasteiger partial charge is 0.281 e. The van der Waals surface area contributed by atoms with Gasteiger partial charge in [-0.05, 0) is 0 Å². The maximum Gasteiger partial charge on any atom is 0.281 e. The molecule has 3 rings (SSSR count). The molecule has 7 nitrogen and oxygen atoms in total. The Morgan fingerprint density at radius 1 is 1.04 bits per heavy atom. The van der Waals surface area contributed by atoms with Crippen molar-refractivity contribution >= 4 is 16.0 Å². The maximum absolute atomic E-state index is 14.9. The zero-order valence-electron chi connectivity index (χ0n) is 14.1. The van der Waals surface area contributed by atoms with Gasteiger partial charge in [0.15, 0.2) is 11.6 Å². The predicted octanol–water partition coefficient (Wildman–Crippen LogP) is 1.21. The van der Waals surface area contributed by atoms with E-state index in [2.05, 4.69) is 9.97 Å². The minimum Gasteiger partial charge on any atom is -0.351 e. The van der Waals surface area contributed by atoms with Crippen molar-refractivity contribution in [2.75, 3.05) is 45.2 Å². The summed E-state index contributed by atoms with van der Waals surface area (Å²) in [6, 6.07) is 9.07. The Hall–Kier alpha value is -2.10. The van der Waals surface area contributed by atoms with E-state index >= 15 is 0 Å². The van der Waals surface area contributed by atoms with E-state index in [4.69, 9.17) is 0 Å². The Morgan fingerprint density at radius 3 is 2.28 bits per heavy atom. The molecule has 0 N–H and O–H groups in total. The molecule has 2 heterocycles. The Balaban J connectivity index is 1.81. The molecule has 1 aliphatic heterocycles. The number of rotatable bonds is 4. The fraction of sp³-hybridized carbons (Fsp3) is 0.375. The van der Waals surface area contributed by atoms with Crippen LogP contribution in [0.1, 0.15) is 0 Å². The molecule has 0 amide bonds. The van der Waals surface area contributed by atoms with Gasteiger partial charge in [0.2, 0.25) is 0 Å². The van der Waals surface area contributed by atoms with E-state index in [-0.39, 0.29) is 24.6 Å². The van der Waals surface area contributed by atoms with Crippen molar-refractivity contribution in [3.05, 3.63) is 42.5 Å². The van der Waals surface area contributed by atoms with Gasteiger partial charge in [-0.25, -0.2) is 14.4 Å². The second-order valence-electron chi connectivity index (χ2n) is 5.90. The second kappa shape index (κ2) is 7.03. The Labute approximate surface area is 146 Å². The zero-order valence-corrected chi connectivity index (χ0v) is 14.9. The molecule has 0 spiro atoms. The zero-order chi connectivity index (χ0) is 18.0. The average Bonchev–Trinajstić information content (AvgIpc) is 2.62. The minimum absolute atomic E-state index is 0.204. The molecule has 0 aliphatic carbocycles. The highest BCUT2D eigenvalue weighted by Crippen LogP contribution is 2.26. The summed E-state index contributed by atoms with van der Waals surface area (Å²) >= 11 is 0. The Bertz CT molecular complexity index is 837. The normalized spacial score (nSPS) is 16.4. The summed E-state index contributed by atoms with van der Waals surface area (Å²) in [5, 5.41) is 0. The molecule has 0 bridgehead atoms. The van der Waals surface area contributed by atoms with E-state index in [1.807, 2.05) is 18.2 Å². The molecule has 0 radical (unpaired) electrons. The lowest BCUT2D eigenvalue weighted by molar-refractivity contribution is 0.353. The second-order valence-corrected chi connectivity index (χ2v) is 8.04. The molecule has 134 valence electrons. The highest BCUT2D eigenvalue weighted by Gasteiger charge is 2.30. The summed E-state index contributed by atoms with van der Waals surface area (Å²) in [5.74, 6) is -0.284. The Kier molecular flexibility index (Phi) is 4.98. The first-order chi connectivity index (χ1) is 11.9. The molecule has 1 aliphatic rings. The summed E-state index contributed by atoms with van der Waals surface area (Å²) in [6.45, 7) is 1.31. The quantitative estimate of drug-likeness (QED) is 0.815. The van der Waals surface area contributed by atoms with Gasteiger partial charge in [-0.15, -0.1) is 0 Å². The van der Waals surface area contributed by atoms with Crippen molar-refractivity contribution in [2.45, 2.75) is 0 Å². The van der Waals surface area contributed by atoms with Crippen LogP contribution < -0.4 is 4.90 Å². The number of halogens is 1. The predicted molar refractivity (Wildman–Crippen MR) is 93.8 cm³/mol. The van der Waals surface area contributed by atoms with Crippen molar-refractivity contribution in [3.8, 4) is 11.3 Å². The van der Waals surface area contributed by atoms with Gasteiger partial charge in [0.25, 0.3) is 10.2 Å². The fourth-order valence-corrected chi connectivity index (χ4v) is 3.83. The van der Waals surface area contributed by atoms with E-state index < -0.39 is 16.0 Å². The molecule has 1 aromatic carbocycles. The van der Waals surface area contributed by atoms with Crippen LogP contribution in [0, 0.1) is 5.82 Å². The molecular weight excluding hydrogens is 345 g/mol. The summed E-state index contributed by atoms with van der Waals surface area (Å²) in [5.41, 5.74) is 0.923. The standard InChI is InChI=1S/C16H20FN5O2S/c1-20(2)25(23,24)22-10-8-21(9-11-22)16-14(17)15(18-12-19-16)13-6-4-3-5-7-13/h3-7,12H,8-11H2,1-2H3. The van der Waals surface area contributed by atoms with Gasteiger partial charge in [-0.3, -0.25) is 0 Å². The lowest BCUT2D eigenvalue weighted by Crippen LogP contribution is -2.52. The van der Waals surface area contributed by atoms with Crippen molar-refractivity contribution in [1.29, 1.82) is 0 Å². The number of hydrogen-bond donors (Lipinski definition) is 0. The summed E-state index contributed by atoms with van der Waals surface area (Å²) in [7, 11) is -0.457. The van der Waals surface area contributed by atoms with Crippen LogP contribution in [0.4, 0.5) is 10.2 Å². The van der Waals surface area contributed by atoms with Crippen LogP contribution in [-0.2, 0) is 10.2 Å². The molecular formula is C16H20FN5O2S.